The van der Waals surface area contributed by atoms with Gasteiger partial charge in [0.1, 0.15) is 11.3 Å². The summed E-state index contributed by atoms with van der Waals surface area (Å²) >= 11 is 11.7. The lowest BCUT2D eigenvalue weighted by atomic mass is 9.99. The molecule has 2 aromatic rings. The number of halogens is 3. The van der Waals surface area contributed by atoms with Crippen molar-refractivity contribution in [2.75, 3.05) is 18.0 Å². The van der Waals surface area contributed by atoms with E-state index in [4.69, 9.17) is 23.2 Å². The maximum Gasteiger partial charge on any atom is 0.225 e. The summed E-state index contributed by atoms with van der Waals surface area (Å²) in [5, 5.41) is 0.418. The van der Waals surface area contributed by atoms with Crippen LogP contribution in [0.25, 0.3) is 10.9 Å². The summed E-state index contributed by atoms with van der Waals surface area (Å²) in [6.45, 7) is 1.87. The maximum absolute atomic E-state index is 14.1. The van der Waals surface area contributed by atoms with Gasteiger partial charge in [-0.3, -0.25) is 0 Å². The van der Waals surface area contributed by atoms with E-state index in [-0.39, 0.29) is 16.0 Å². The van der Waals surface area contributed by atoms with Crippen molar-refractivity contribution in [1.29, 1.82) is 0 Å². The molecule has 4 nitrogen and oxygen atoms in total. The van der Waals surface area contributed by atoms with E-state index >= 15 is 0 Å². The molecule has 1 saturated heterocycles. The molecule has 0 N–H and O–H groups in total. The largest absolute Gasteiger partial charge is 0.355 e. The number of nitrogens with zero attached hydrogens (tertiary/aromatic N) is 4. The van der Waals surface area contributed by atoms with E-state index in [0.29, 0.717) is 23.0 Å². The highest BCUT2D eigenvalue weighted by Crippen LogP contribution is 2.39. The second-order valence-electron chi connectivity index (χ2n) is 5.89. The first kappa shape index (κ1) is 13.5. The minimum Gasteiger partial charge on any atom is -0.355 e. The Labute approximate surface area is 131 Å². The maximum atomic E-state index is 14.1. The smallest absolute Gasteiger partial charge is 0.225 e. The fourth-order valence-electron chi connectivity index (χ4n) is 3.61. The van der Waals surface area contributed by atoms with E-state index in [1.54, 1.807) is 0 Å². The summed E-state index contributed by atoms with van der Waals surface area (Å²) in [5.41, 5.74) is 0.142. The van der Waals surface area contributed by atoms with Crippen molar-refractivity contribution in [1.82, 2.24) is 15.0 Å². The van der Waals surface area contributed by atoms with Gasteiger partial charge in [-0.1, -0.05) is 11.6 Å². The molecule has 2 fully saturated rings. The molecule has 1 aliphatic carbocycles. The topological polar surface area (TPSA) is 41.9 Å². The first-order valence-corrected chi connectivity index (χ1v) is 7.79. The van der Waals surface area contributed by atoms with Crippen LogP contribution in [0, 0.1) is 17.7 Å². The van der Waals surface area contributed by atoms with E-state index in [0.717, 1.165) is 13.1 Å². The summed E-state index contributed by atoms with van der Waals surface area (Å²) < 4.78 is 14.1. The van der Waals surface area contributed by atoms with Gasteiger partial charge in [-0.2, -0.15) is 4.98 Å². The van der Waals surface area contributed by atoms with Crippen molar-refractivity contribution in [2.24, 2.45) is 11.8 Å². The number of anilines is 1. The molecular formula is C14H13Cl2FN4. The molecule has 1 saturated carbocycles. The van der Waals surface area contributed by atoms with Gasteiger partial charge in [0.2, 0.25) is 5.28 Å². The molecule has 7 heteroatoms. The number of rotatable bonds is 1. The van der Waals surface area contributed by atoms with Gasteiger partial charge < -0.3 is 4.90 Å². The third-order valence-corrected chi connectivity index (χ3v) is 4.93. The molecule has 0 amide bonds. The lowest BCUT2D eigenvalue weighted by Crippen LogP contribution is -2.37. The molecule has 110 valence electrons. The molecule has 2 bridgehead atoms. The van der Waals surface area contributed by atoms with Crippen LogP contribution in [-0.4, -0.2) is 28.0 Å². The summed E-state index contributed by atoms with van der Waals surface area (Å²) in [6, 6.07) is 0. The van der Waals surface area contributed by atoms with Crippen molar-refractivity contribution in [3.8, 4) is 0 Å². The van der Waals surface area contributed by atoms with Gasteiger partial charge in [-0.25, -0.2) is 14.4 Å². The van der Waals surface area contributed by atoms with Crippen LogP contribution in [0.1, 0.15) is 19.3 Å². The minimum absolute atomic E-state index is 0.0385. The van der Waals surface area contributed by atoms with E-state index in [1.165, 1.54) is 25.5 Å². The van der Waals surface area contributed by atoms with Gasteiger partial charge in [0.15, 0.2) is 11.0 Å². The number of fused-ring (bicyclic) bond motifs is 3. The van der Waals surface area contributed by atoms with Crippen molar-refractivity contribution in [3.63, 3.8) is 0 Å². The Kier molecular flexibility index (Phi) is 3.15. The minimum atomic E-state index is -0.639. The summed E-state index contributed by atoms with van der Waals surface area (Å²) in [5.74, 6) is 1.42. The van der Waals surface area contributed by atoms with Crippen molar-refractivity contribution >= 4 is 39.9 Å². The first-order valence-electron chi connectivity index (χ1n) is 7.04. The van der Waals surface area contributed by atoms with E-state index in [9.17, 15) is 4.39 Å². The highest BCUT2D eigenvalue weighted by molar-refractivity contribution is 6.30. The molecule has 2 aromatic heterocycles. The van der Waals surface area contributed by atoms with Gasteiger partial charge in [-0.15, -0.1) is 0 Å². The quantitative estimate of drug-likeness (QED) is 0.591. The monoisotopic (exact) mass is 326 g/mol. The number of aromatic nitrogens is 3. The molecule has 2 unspecified atom stereocenters. The van der Waals surface area contributed by atoms with Crippen LogP contribution >= 0.6 is 23.2 Å². The van der Waals surface area contributed by atoms with Crippen LogP contribution < -0.4 is 4.90 Å². The van der Waals surface area contributed by atoms with E-state index in [2.05, 4.69) is 19.9 Å². The predicted molar refractivity (Wildman–Crippen MR) is 80.4 cm³/mol. The van der Waals surface area contributed by atoms with Crippen LogP contribution in [0.5, 0.6) is 0 Å². The Bertz CT molecular complexity index is 712. The molecule has 4 rings (SSSR count). The molecule has 1 aliphatic heterocycles. The summed E-state index contributed by atoms with van der Waals surface area (Å²) in [7, 11) is 0. The molecule has 2 atom stereocenters. The van der Waals surface area contributed by atoms with Crippen molar-refractivity contribution in [2.45, 2.75) is 19.3 Å². The SMILES string of the molecule is Fc1c(Cl)ncc2c(N3CC4CCC(C4)C3)nc(Cl)nc12. The van der Waals surface area contributed by atoms with E-state index < -0.39 is 5.82 Å². The first-order chi connectivity index (χ1) is 10.1. The zero-order chi connectivity index (χ0) is 14.6. The number of hydrogen-bond acceptors (Lipinski definition) is 4. The third-order valence-electron chi connectivity index (χ3n) is 4.50. The average Bonchev–Trinajstić information content (AvgIpc) is 2.81. The normalized spacial score (nSPS) is 24.8. The Balaban J connectivity index is 1.86. The highest BCUT2D eigenvalue weighted by Gasteiger charge is 2.34. The van der Waals surface area contributed by atoms with Crippen LogP contribution in [0.3, 0.4) is 0 Å². The fourth-order valence-corrected chi connectivity index (χ4v) is 3.92. The summed E-state index contributed by atoms with van der Waals surface area (Å²) in [6.07, 6.45) is 5.33. The van der Waals surface area contributed by atoms with Crippen LogP contribution in [0.2, 0.25) is 10.4 Å². The Hall–Kier alpha value is -1.20. The Morgan fingerprint density at radius 1 is 1.14 bits per heavy atom. The lowest BCUT2D eigenvalue weighted by molar-refractivity contribution is 0.419. The van der Waals surface area contributed by atoms with Crippen molar-refractivity contribution < 1.29 is 4.39 Å². The Morgan fingerprint density at radius 2 is 1.86 bits per heavy atom. The lowest BCUT2D eigenvalue weighted by Gasteiger charge is -2.33. The average molecular weight is 327 g/mol. The second-order valence-corrected chi connectivity index (χ2v) is 6.59. The summed E-state index contributed by atoms with van der Waals surface area (Å²) in [4.78, 5) is 14.4. The molecule has 0 spiro atoms. The third kappa shape index (κ3) is 2.23. The second kappa shape index (κ2) is 4.92. The van der Waals surface area contributed by atoms with Gasteiger partial charge in [-0.05, 0) is 42.7 Å². The molecule has 2 aliphatic rings. The van der Waals surface area contributed by atoms with E-state index in [1.807, 2.05) is 0 Å². The number of piperidine rings is 1. The zero-order valence-corrected chi connectivity index (χ0v) is 12.7. The Morgan fingerprint density at radius 3 is 2.57 bits per heavy atom. The van der Waals surface area contributed by atoms with Crippen LogP contribution in [0.4, 0.5) is 10.2 Å². The molecule has 3 heterocycles. The van der Waals surface area contributed by atoms with Crippen LogP contribution in [-0.2, 0) is 0 Å². The molecular weight excluding hydrogens is 314 g/mol. The molecule has 21 heavy (non-hydrogen) atoms. The fraction of sp³-hybridized carbons (Fsp3) is 0.500. The van der Waals surface area contributed by atoms with Gasteiger partial charge in [0, 0.05) is 19.3 Å². The van der Waals surface area contributed by atoms with Gasteiger partial charge in [0.05, 0.1) is 5.39 Å². The molecule has 0 radical (unpaired) electrons. The van der Waals surface area contributed by atoms with Crippen LogP contribution in [0.15, 0.2) is 6.20 Å². The standard InChI is InChI=1S/C14H13Cl2FN4/c15-12-10(17)11-9(4-18-12)13(20-14(16)19-11)21-5-7-1-2-8(3-7)6-21/h4,7-8H,1-3,5-6H2. The zero-order valence-electron chi connectivity index (χ0n) is 11.2. The predicted octanol–water partition coefficient (Wildman–Crippen LogP) is 3.71. The van der Waals surface area contributed by atoms with Crippen molar-refractivity contribution in [3.05, 3.63) is 22.5 Å². The molecule has 0 aromatic carbocycles. The van der Waals surface area contributed by atoms with Gasteiger partial charge >= 0.3 is 0 Å². The number of pyridine rings is 1. The number of hydrogen-bond donors (Lipinski definition) is 0. The highest BCUT2D eigenvalue weighted by atomic mass is 35.5. The van der Waals surface area contributed by atoms with Gasteiger partial charge in [0.25, 0.3) is 0 Å².